The molecule has 0 aliphatic rings. The van der Waals surface area contributed by atoms with Crippen molar-refractivity contribution < 1.29 is 68.0 Å². The fourth-order valence-electron chi connectivity index (χ4n) is 1.24. The second-order valence-electron chi connectivity index (χ2n) is 2.75. The van der Waals surface area contributed by atoms with Gasteiger partial charge in [-0.05, 0) is 0 Å². The normalized spacial score (nSPS) is 9.67. The number of hydrogen-bond acceptors (Lipinski definition) is 4. The minimum Gasteiger partial charge on any atom is -0.870 e. The van der Waals surface area contributed by atoms with Gasteiger partial charge in [-0.1, -0.05) is 11.8 Å². The molecule has 0 unspecified atom stereocenters. The SMILES string of the molecule is COc1cc2nc[nH]c(=O)c2cc1[O-].[Rb+]. The summed E-state index contributed by atoms with van der Waals surface area (Å²) in [6.45, 7) is 0. The first kappa shape index (κ1) is 12.8. The topological polar surface area (TPSA) is 78.0 Å². The number of H-pyrrole nitrogens is 1. The monoisotopic (exact) mass is 276 g/mol. The fraction of sp³-hybridized carbons (Fsp3) is 0.111. The van der Waals surface area contributed by atoms with E-state index in [0.29, 0.717) is 5.52 Å². The van der Waals surface area contributed by atoms with E-state index in [1.165, 1.54) is 25.6 Å². The van der Waals surface area contributed by atoms with Crippen molar-refractivity contribution in [3.05, 3.63) is 28.8 Å². The number of ether oxygens (including phenoxy) is 1. The Kier molecular flexibility index (Phi) is 4.45. The molecule has 1 aromatic carbocycles. The van der Waals surface area contributed by atoms with Crippen LogP contribution in [0.1, 0.15) is 0 Å². The summed E-state index contributed by atoms with van der Waals surface area (Å²) in [6, 6.07) is 2.67. The maximum absolute atomic E-state index is 11.3. The van der Waals surface area contributed by atoms with Crippen LogP contribution in [0.2, 0.25) is 0 Å². The number of hydrogen-bond donors (Lipinski definition) is 1. The largest absolute Gasteiger partial charge is 1.00 e. The summed E-state index contributed by atoms with van der Waals surface area (Å²) in [5, 5.41) is 11.6. The molecule has 0 spiro atoms. The molecule has 0 aliphatic carbocycles. The zero-order valence-corrected chi connectivity index (χ0v) is 13.3. The zero-order chi connectivity index (χ0) is 10.1. The minimum atomic E-state index is -0.324. The molecule has 0 radical (unpaired) electrons. The first-order chi connectivity index (χ1) is 6.72. The van der Waals surface area contributed by atoms with Gasteiger partial charge in [-0.2, -0.15) is 0 Å². The summed E-state index contributed by atoms with van der Waals surface area (Å²) in [6.07, 6.45) is 1.29. The van der Waals surface area contributed by atoms with Crippen molar-refractivity contribution in [2.45, 2.75) is 0 Å². The van der Waals surface area contributed by atoms with E-state index in [4.69, 9.17) is 4.74 Å². The number of aromatic nitrogens is 2. The number of nitrogens with one attached hydrogen (secondary N) is 1. The third-order valence-corrected chi connectivity index (χ3v) is 1.93. The number of aromatic amines is 1. The van der Waals surface area contributed by atoms with E-state index >= 15 is 0 Å². The van der Waals surface area contributed by atoms with Crippen LogP contribution in [-0.2, 0) is 0 Å². The van der Waals surface area contributed by atoms with Gasteiger partial charge in [0.25, 0.3) is 5.56 Å². The van der Waals surface area contributed by atoms with Crippen molar-refractivity contribution in [2.24, 2.45) is 0 Å². The molecule has 0 atom stereocenters. The smallest absolute Gasteiger partial charge is 0.870 e. The predicted octanol–water partition coefficient (Wildman–Crippen LogP) is -2.99. The quantitative estimate of drug-likeness (QED) is 0.603. The van der Waals surface area contributed by atoms with Crippen LogP contribution in [-0.4, -0.2) is 17.1 Å². The Morgan fingerprint density at radius 1 is 1.47 bits per heavy atom. The van der Waals surface area contributed by atoms with Crippen molar-refractivity contribution in [3.8, 4) is 11.5 Å². The van der Waals surface area contributed by atoms with E-state index < -0.39 is 0 Å². The number of fused-ring (bicyclic) bond motifs is 1. The van der Waals surface area contributed by atoms with Crippen LogP contribution in [0, 0.1) is 0 Å². The molecule has 1 heterocycles. The van der Waals surface area contributed by atoms with Gasteiger partial charge in [-0.25, -0.2) is 4.98 Å². The van der Waals surface area contributed by atoms with Crippen LogP contribution in [0.25, 0.3) is 10.9 Å². The third kappa shape index (κ3) is 2.47. The Morgan fingerprint density at radius 2 is 2.20 bits per heavy atom. The van der Waals surface area contributed by atoms with Crippen LogP contribution < -0.4 is 73.6 Å². The maximum Gasteiger partial charge on any atom is 1.00 e. The summed E-state index contributed by atoms with van der Waals surface area (Å²) in [5.41, 5.74) is 0.125. The van der Waals surface area contributed by atoms with Crippen molar-refractivity contribution in [1.82, 2.24) is 9.97 Å². The van der Waals surface area contributed by atoms with E-state index in [-0.39, 0.29) is 80.6 Å². The van der Waals surface area contributed by atoms with Gasteiger partial charge < -0.3 is 14.8 Å². The van der Waals surface area contributed by atoms with Gasteiger partial charge in [-0.15, -0.1) is 0 Å². The summed E-state index contributed by atoms with van der Waals surface area (Å²) < 4.78 is 4.83. The van der Waals surface area contributed by atoms with Gasteiger partial charge in [0.15, 0.2) is 0 Å². The molecule has 5 nitrogen and oxygen atoms in total. The number of rotatable bonds is 1. The van der Waals surface area contributed by atoms with Gasteiger partial charge >= 0.3 is 58.2 Å². The Balaban J connectivity index is 0.00000112. The zero-order valence-electron chi connectivity index (χ0n) is 8.40. The van der Waals surface area contributed by atoms with Crippen LogP contribution in [0.3, 0.4) is 0 Å². The number of nitrogens with zero attached hydrogens (tertiary/aromatic N) is 1. The van der Waals surface area contributed by atoms with Crippen molar-refractivity contribution in [2.75, 3.05) is 7.11 Å². The molecule has 0 amide bonds. The molecule has 15 heavy (non-hydrogen) atoms. The number of methoxy groups -OCH3 is 1. The Labute approximate surface area is 134 Å². The minimum absolute atomic E-state index is 0. The third-order valence-electron chi connectivity index (χ3n) is 1.93. The van der Waals surface area contributed by atoms with Crippen LogP contribution in [0.4, 0.5) is 0 Å². The summed E-state index contributed by atoms with van der Waals surface area (Å²) in [7, 11) is 1.40. The van der Waals surface area contributed by atoms with Gasteiger partial charge in [0, 0.05) is 6.07 Å². The van der Waals surface area contributed by atoms with E-state index in [1.807, 2.05) is 0 Å². The summed E-state index contributed by atoms with van der Waals surface area (Å²) in [5.74, 6) is -0.130. The second kappa shape index (κ2) is 5.20. The van der Waals surface area contributed by atoms with Crippen molar-refractivity contribution in [1.29, 1.82) is 0 Å². The standard InChI is InChI=1S/C9H8N2O3.Rb/c1-14-8-3-6-5(2-7(8)12)9(13)11-4-10-6;/h2-4,12H,1H3,(H,10,11,13);/q;+1/p-1. The van der Waals surface area contributed by atoms with E-state index in [0.717, 1.165) is 0 Å². The Bertz CT molecular complexity index is 538. The molecule has 1 N–H and O–H groups in total. The van der Waals surface area contributed by atoms with Gasteiger partial charge in [-0.3, -0.25) is 4.79 Å². The molecule has 0 saturated heterocycles. The van der Waals surface area contributed by atoms with E-state index in [9.17, 15) is 9.90 Å². The van der Waals surface area contributed by atoms with Crippen LogP contribution in [0.15, 0.2) is 23.3 Å². The Hall–Kier alpha value is -0.235. The molecule has 2 aromatic rings. The fourth-order valence-corrected chi connectivity index (χ4v) is 1.24. The molecule has 0 bridgehead atoms. The molecule has 0 saturated carbocycles. The van der Waals surface area contributed by atoms with Crippen LogP contribution >= 0.6 is 0 Å². The predicted molar refractivity (Wildman–Crippen MR) is 48.4 cm³/mol. The molecule has 2 rings (SSSR count). The summed E-state index contributed by atoms with van der Waals surface area (Å²) in [4.78, 5) is 17.6. The molecule has 0 aliphatic heterocycles. The second-order valence-corrected chi connectivity index (χ2v) is 2.75. The average Bonchev–Trinajstić information content (AvgIpc) is 2.19. The first-order valence-corrected chi connectivity index (χ1v) is 3.95. The van der Waals surface area contributed by atoms with Crippen molar-refractivity contribution in [3.63, 3.8) is 0 Å². The molecular weight excluding hydrogens is 270 g/mol. The Morgan fingerprint density at radius 3 is 2.87 bits per heavy atom. The van der Waals surface area contributed by atoms with Gasteiger partial charge in [0.05, 0.1) is 24.3 Å². The molecular formula is C9H7N2O3Rb. The van der Waals surface area contributed by atoms with Crippen LogP contribution in [0.5, 0.6) is 11.5 Å². The summed E-state index contributed by atoms with van der Waals surface area (Å²) >= 11 is 0. The molecule has 1 aromatic heterocycles. The first-order valence-electron chi connectivity index (χ1n) is 3.95. The van der Waals surface area contributed by atoms with Gasteiger partial charge in [0.1, 0.15) is 5.75 Å². The average molecular weight is 277 g/mol. The molecule has 6 heteroatoms. The molecule has 72 valence electrons. The van der Waals surface area contributed by atoms with Crippen molar-refractivity contribution >= 4 is 10.9 Å². The maximum atomic E-state index is 11.3. The van der Waals surface area contributed by atoms with Gasteiger partial charge in [0.2, 0.25) is 0 Å². The number of benzene rings is 1. The van der Waals surface area contributed by atoms with E-state index in [1.54, 1.807) is 0 Å². The molecule has 0 fully saturated rings. The van der Waals surface area contributed by atoms with E-state index in [2.05, 4.69) is 9.97 Å².